The average Bonchev–Trinajstić information content (AvgIpc) is 3.22. The summed E-state index contributed by atoms with van der Waals surface area (Å²) in [6, 6.07) is 10.5. The van der Waals surface area contributed by atoms with Crippen LogP contribution in [0.5, 0.6) is 5.75 Å². The number of nitrogens with zero attached hydrogens (tertiary/aromatic N) is 2. The van der Waals surface area contributed by atoms with Gasteiger partial charge in [-0.25, -0.2) is 9.37 Å². The lowest BCUT2D eigenvalue weighted by Crippen LogP contribution is -1.97. The molecule has 0 bridgehead atoms. The molecule has 0 aliphatic heterocycles. The van der Waals surface area contributed by atoms with Crippen molar-refractivity contribution in [1.29, 1.82) is 0 Å². The molecule has 21 heavy (non-hydrogen) atoms. The third-order valence-electron chi connectivity index (χ3n) is 3.96. The minimum atomic E-state index is -0.289. The van der Waals surface area contributed by atoms with Gasteiger partial charge in [0.15, 0.2) is 0 Å². The fraction of sp³-hybridized carbons (Fsp3) is 0.235. The van der Waals surface area contributed by atoms with Gasteiger partial charge in [-0.1, -0.05) is 11.6 Å². The summed E-state index contributed by atoms with van der Waals surface area (Å²) in [5, 5.41) is 10.2. The molecule has 1 aromatic heterocycles. The Kier molecular flexibility index (Phi) is 2.55. The fourth-order valence-corrected chi connectivity index (χ4v) is 2.79. The number of hydrogen-bond donors (Lipinski definition) is 1. The van der Waals surface area contributed by atoms with Crippen LogP contribution in [0.1, 0.15) is 24.4 Å². The molecule has 0 amide bonds. The number of phenols is 1. The molecule has 3 aromatic rings. The highest BCUT2D eigenvalue weighted by atomic mass is 19.1. The number of halogens is 1. The predicted octanol–water partition coefficient (Wildman–Crippen LogP) is 4.19. The van der Waals surface area contributed by atoms with Gasteiger partial charge < -0.3 is 9.67 Å². The summed E-state index contributed by atoms with van der Waals surface area (Å²) in [5.41, 5.74) is 3.33. The molecule has 0 unspecified atom stereocenters. The number of benzene rings is 2. The van der Waals surface area contributed by atoms with Gasteiger partial charge in [0.1, 0.15) is 17.4 Å². The van der Waals surface area contributed by atoms with E-state index in [9.17, 15) is 9.50 Å². The van der Waals surface area contributed by atoms with Crippen molar-refractivity contribution in [2.24, 2.45) is 0 Å². The molecule has 106 valence electrons. The van der Waals surface area contributed by atoms with E-state index in [4.69, 9.17) is 0 Å². The van der Waals surface area contributed by atoms with Crippen molar-refractivity contribution >= 4 is 11.0 Å². The number of rotatable bonds is 2. The first kappa shape index (κ1) is 12.4. The van der Waals surface area contributed by atoms with Crippen LogP contribution in [-0.4, -0.2) is 14.7 Å². The number of imidazole rings is 1. The van der Waals surface area contributed by atoms with Crippen LogP contribution in [0, 0.1) is 12.7 Å². The first-order valence-electron chi connectivity index (χ1n) is 7.11. The monoisotopic (exact) mass is 282 g/mol. The third kappa shape index (κ3) is 1.98. The number of aromatic hydroxyl groups is 1. The summed E-state index contributed by atoms with van der Waals surface area (Å²) in [4.78, 5) is 4.57. The van der Waals surface area contributed by atoms with Gasteiger partial charge in [-0.2, -0.15) is 0 Å². The minimum Gasteiger partial charge on any atom is -0.507 e. The molecule has 1 saturated carbocycles. The van der Waals surface area contributed by atoms with Crippen molar-refractivity contribution in [2.75, 3.05) is 0 Å². The maximum absolute atomic E-state index is 13.4. The molecule has 1 N–H and O–H groups in total. The summed E-state index contributed by atoms with van der Waals surface area (Å²) >= 11 is 0. The van der Waals surface area contributed by atoms with Crippen LogP contribution in [-0.2, 0) is 0 Å². The molecule has 4 heteroatoms. The average molecular weight is 282 g/mol. The summed E-state index contributed by atoms with van der Waals surface area (Å²) in [5.74, 6) is 0.639. The molecule has 2 aromatic carbocycles. The smallest absolute Gasteiger partial charge is 0.145 e. The molecular weight excluding hydrogens is 267 g/mol. The van der Waals surface area contributed by atoms with Crippen LogP contribution in [0.3, 0.4) is 0 Å². The molecule has 1 fully saturated rings. The zero-order chi connectivity index (χ0) is 14.6. The van der Waals surface area contributed by atoms with Crippen LogP contribution >= 0.6 is 0 Å². The van der Waals surface area contributed by atoms with E-state index in [0.717, 1.165) is 29.7 Å². The highest BCUT2D eigenvalue weighted by Crippen LogP contribution is 2.42. The zero-order valence-electron chi connectivity index (χ0n) is 11.7. The van der Waals surface area contributed by atoms with Gasteiger partial charge in [0.05, 0.1) is 16.6 Å². The van der Waals surface area contributed by atoms with Crippen molar-refractivity contribution in [3.63, 3.8) is 0 Å². The van der Waals surface area contributed by atoms with E-state index in [0.29, 0.717) is 17.1 Å². The highest BCUT2D eigenvalue weighted by Gasteiger charge is 2.29. The number of fused-ring (bicyclic) bond motifs is 1. The van der Waals surface area contributed by atoms with Gasteiger partial charge in [0.25, 0.3) is 0 Å². The lowest BCUT2D eigenvalue weighted by Gasteiger charge is -2.09. The zero-order valence-corrected chi connectivity index (χ0v) is 11.7. The third-order valence-corrected chi connectivity index (χ3v) is 3.96. The van der Waals surface area contributed by atoms with E-state index >= 15 is 0 Å². The topological polar surface area (TPSA) is 38.1 Å². The van der Waals surface area contributed by atoms with Gasteiger partial charge >= 0.3 is 0 Å². The Morgan fingerprint density at radius 2 is 2.00 bits per heavy atom. The van der Waals surface area contributed by atoms with Gasteiger partial charge in [-0.05, 0) is 44.0 Å². The van der Waals surface area contributed by atoms with Crippen molar-refractivity contribution in [3.05, 3.63) is 47.8 Å². The van der Waals surface area contributed by atoms with E-state index in [-0.39, 0.29) is 11.6 Å². The molecule has 0 saturated heterocycles. The standard InChI is InChI=1S/C17H15FN2O/c1-10-2-7-16(21)13(8-10)17-19-14-9-11(18)3-6-15(14)20(17)12-4-5-12/h2-3,6-9,12,21H,4-5H2,1H3. The van der Waals surface area contributed by atoms with Crippen molar-refractivity contribution in [1.82, 2.24) is 9.55 Å². The molecule has 1 aliphatic rings. The van der Waals surface area contributed by atoms with Crippen molar-refractivity contribution in [3.8, 4) is 17.1 Å². The molecule has 4 rings (SSSR count). The first-order chi connectivity index (χ1) is 10.1. The Hall–Kier alpha value is -2.36. The molecule has 3 nitrogen and oxygen atoms in total. The maximum atomic E-state index is 13.4. The molecular formula is C17H15FN2O. The maximum Gasteiger partial charge on any atom is 0.145 e. The van der Waals surface area contributed by atoms with Crippen molar-refractivity contribution < 1.29 is 9.50 Å². The van der Waals surface area contributed by atoms with Crippen LogP contribution in [0.2, 0.25) is 0 Å². The second kappa shape index (κ2) is 4.32. The summed E-state index contributed by atoms with van der Waals surface area (Å²) in [6.07, 6.45) is 2.20. The van der Waals surface area contributed by atoms with Crippen LogP contribution < -0.4 is 0 Å². The Morgan fingerprint density at radius 3 is 2.76 bits per heavy atom. The van der Waals surface area contributed by atoms with E-state index in [1.165, 1.54) is 12.1 Å². The number of aromatic nitrogens is 2. The molecule has 1 heterocycles. The predicted molar refractivity (Wildman–Crippen MR) is 79.8 cm³/mol. The lowest BCUT2D eigenvalue weighted by atomic mass is 10.1. The highest BCUT2D eigenvalue weighted by molar-refractivity contribution is 5.82. The Labute approximate surface area is 121 Å². The molecule has 0 atom stereocenters. The Morgan fingerprint density at radius 1 is 1.19 bits per heavy atom. The van der Waals surface area contributed by atoms with E-state index in [1.54, 1.807) is 12.1 Å². The SMILES string of the molecule is Cc1ccc(O)c(-c2nc3cc(F)ccc3n2C2CC2)c1. The van der Waals surface area contributed by atoms with Gasteiger partial charge in [-0.3, -0.25) is 0 Å². The molecule has 0 spiro atoms. The lowest BCUT2D eigenvalue weighted by molar-refractivity contribution is 0.476. The fourth-order valence-electron chi connectivity index (χ4n) is 2.79. The first-order valence-corrected chi connectivity index (χ1v) is 7.11. The summed E-state index contributed by atoms with van der Waals surface area (Å²) in [6.45, 7) is 1.98. The second-order valence-electron chi connectivity index (χ2n) is 5.69. The molecule has 0 radical (unpaired) electrons. The Bertz CT molecular complexity index is 849. The number of aryl methyl sites for hydroxylation is 1. The normalized spacial score (nSPS) is 14.8. The van der Waals surface area contributed by atoms with E-state index in [2.05, 4.69) is 9.55 Å². The van der Waals surface area contributed by atoms with Crippen molar-refractivity contribution in [2.45, 2.75) is 25.8 Å². The van der Waals surface area contributed by atoms with E-state index < -0.39 is 0 Å². The molecule has 1 aliphatic carbocycles. The quantitative estimate of drug-likeness (QED) is 0.765. The van der Waals surface area contributed by atoms with E-state index in [1.807, 2.05) is 19.1 Å². The van der Waals surface area contributed by atoms with Crippen LogP contribution in [0.25, 0.3) is 22.4 Å². The van der Waals surface area contributed by atoms with Crippen LogP contribution in [0.15, 0.2) is 36.4 Å². The summed E-state index contributed by atoms with van der Waals surface area (Å²) < 4.78 is 15.6. The summed E-state index contributed by atoms with van der Waals surface area (Å²) in [7, 11) is 0. The van der Waals surface area contributed by atoms with Gasteiger partial charge in [0, 0.05) is 12.1 Å². The largest absolute Gasteiger partial charge is 0.507 e. The second-order valence-corrected chi connectivity index (χ2v) is 5.69. The number of phenolic OH excluding ortho intramolecular Hbond substituents is 1. The number of hydrogen-bond acceptors (Lipinski definition) is 2. The van der Waals surface area contributed by atoms with Gasteiger partial charge in [-0.15, -0.1) is 0 Å². The minimum absolute atomic E-state index is 0.207. The Balaban J connectivity index is 2.03. The van der Waals surface area contributed by atoms with Crippen LogP contribution in [0.4, 0.5) is 4.39 Å². The van der Waals surface area contributed by atoms with Gasteiger partial charge in [0.2, 0.25) is 0 Å².